The molecule has 1 aliphatic rings. The minimum Gasteiger partial charge on any atom is -0.399 e. The van der Waals surface area contributed by atoms with Crippen molar-refractivity contribution in [1.82, 2.24) is 5.32 Å². The van der Waals surface area contributed by atoms with Gasteiger partial charge in [-0.1, -0.05) is 25.3 Å². The van der Waals surface area contributed by atoms with E-state index in [0.717, 1.165) is 24.6 Å². The maximum Gasteiger partial charge on any atom is 0.319 e. The van der Waals surface area contributed by atoms with E-state index in [1.807, 2.05) is 12.1 Å². The van der Waals surface area contributed by atoms with Gasteiger partial charge in [-0.05, 0) is 30.5 Å². The summed E-state index contributed by atoms with van der Waals surface area (Å²) in [6, 6.07) is 7.02. The Morgan fingerprint density at radius 3 is 2.88 bits per heavy atom. The van der Waals surface area contributed by atoms with Crippen molar-refractivity contribution in [3.05, 3.63) is 24.3 Å². The minimum atomic E-state index is -0.157. The Bertz CT molecular complexity index is 388. The highest BCUT2D eigenvalue weighted by molar-refractivity contribution is 5.89. The summed E-state index contributed by atoms with van der Waals surface area (Å²) in [5.41, 5.74) is 7.01. The van der Waals surface area contributed by atoms with E-state index in [9.17, 15) is 4.79 Å². The van der Waals surface area contributed by atoms with Crippen LogP contribution in [0.3, 0.4) is 0 Å². The van der Waals surface area contributed by atoms with Gasteiger partial charge in [0.05, 0.1) is 0 Å². The molecule has 0 spiro atoms. The van der Waals surface area contributed by atoms with Crippen molar-refractivity contribution in [2.24, 2.45) is 5.92 Å². The van der Waals surface area contributed by atoms with Crippen molar-refractivity contribution in [2.45, 2.75) is 25.7 Å². The quantitative estimate of drug-likeness (QED) is 0.700. The molecule has 1 saturated carbocycles. The number of benzene rings is 1. The number of rotatable bonds is 4. The number of carbonyl (C=O) groups excluding carboxylic acids is 1. The molecule has 0 bridgehead atoms. The van der Waals surface area contributed by atoms with Crippen LogP contribution in [0.2, 0.25) is 0 Å². The Kier molecular flexibility index (Phi) is 3.85. The maximum absolute atomic E-state index is 11.5. The molecule has 0 aromatic heterocycles. The predicted octanol–water partition coefficient (Wildman–Crippen LogP) is 2.58. The van der Waals surface area contributed by atoms with Crippen LogP contribution in [0, 0.1) is 5.92 Å². The molecule has 1 aliphatic carbocycles. The number of nitrogen functional groups attached to an aromatic ring is 1. The lowest BCUT2D eigenvalue weighted by molar-refractivity contribution is 0.247. The largest absolute Gasteiger partial charge is 0.399 e. The number of nitrogens with one attached hydrogen (secondary N) is 2. The summed E-state index contributed by atoms with van der Waals surface area (Å²) in [7, 11) is 0. The van der Waals surface area contributed by atoms with Crippen LogP contribution in [0.25, 0.3) is 0 Å². The molecule has 4 N–H and O–H groups in total. The van der Waals surface area contributed by atoms with Crippen molar-refractivity contribution in [3.8, 4) is 0 Å². The first-order valence-electron chi connectivity index (χ1n) is 6.14. The monoisotopic (exact) mass is 233 g/mol. The zero-order valence-electron chi connectivity index (χ0n) is 9.91. The van der Waals surface area contributed by atoms with Gasteiger partial charge in [-0.2, -0.15) is 0 Å². The van der Waals surface area contributed by atoms with Gasteiger partial charge in [0.15, 0.2) is 0 Å². The summed E-state index contributed by atoms with van der Waals surface area (Å²) in [6.07, 6.45) is 5.07. The molecular weight excluding hydrogens is 214 g/mol. The highest BCUT2D eigenvalue weighted by atomic mass is 16.2. The molecule has 0 radical (unpaired) electrons. The average molecular weight is 233 g/mol. The molecule has 17 heavy (non-hydrogen) atoms. The van der Waals surface area contributed by atoms with Crippen LogP contribution in [-0.2, 0) is 0 Å². The first-order valence-corrected chi connectivity index (χ1v) is 6.14. The van der Waals surface area contributed by atoms with Crippen molar-refractivity contribution in [1.29, 1.82) is 0 Å². The van der Waals surface area contributed by atoms with Crippen molar-refractivity contribution < 1.29 is 4.79 Å². The molecular formula is C13H19N3O. The standard InChI is InChI=1S/C13H19N3O/c14-11-5-2-6-12(9-11)16-13(17)15-8-7-10-3-1-4-10/h2,5-6,9-10H,1,3-4,7-8,14H2,(H2,15,16,17). The molecule has 4 heteroatoms. The number of amides is 2. The number of hydrogen-bond donors (Lipinski definition) is 3. The average Bonchev–Trinajstić information content (AvgIpc) is 2.22. The molecule has 2 rings (SSSR count). The molecule has 0 atom stereocenters. The van der Waals surface area contributed by atoms with Gasteiger partial charge in [-0.25, -0.2) is 4.79 Å². The molecule has 1 fully saturated rings. The molecule has 1 aromatic carbocycles. The van der Waals surface area contributed by atoms with Gasteiger partial charge in [-0.3, -0.25) is 0 Å². The van der Waals surface area contributed by atoms with E-state index in [0.29, 0.717) is 5.69 Å². The molecule has 4 nitrogen and oxygen atoms in total. The molecule has 0 unspecified atom stereocenters. The number of nitrogens with two attached hydrogens (primary N) is 1. The van der Waals surface area contributed by atoms with Crippen molar-refractivity contribution >= 4 is 17.4 Å². The van der Waals surface area contributed by atoms with Crippen molar-refractivity contribution in [2.75, 3.05) is 17.6 Å². The van der Waals surface area contributed by atoms with Gasteiger partial charge in [0, 0.05) is 17.9 Å². The highest BCUT2D eigenvalue weighted by Crippen LogP contribution is 2.28. The summed E-state index contributed by atoms with van der Waals surface area (Å²) in [5.74, 6) is 0.822. The van der Waals surface area contributed by atoms with E-state index >= 15 is 0 Å². The SMILES string of the molecule is Nc1cccc(NC(=O)NCCC2CCC2)c1. The van der Waals surface area contributed by atoms with Gasteiger partial charge in [0.1, 0.15) is 0 Å². The fraction of sp³-hybridized carbons (Fsp3) is 0.462. The molecule has 0 heterocycles. The zero-order chi connectivity index (χ0) is 12.1. The van der Waals surface area contributed by atoms with E-state index < -0.39 is 0 Å². The topological polar surface area (TPSA) is 67.1 Å². The lowest BCUT2D eigenvalue weighted by atomic mass is 9.83. The Labute approximate surface area is 102 Å². The van der Waals surface area contributed by atoms with Crippen LogP contribution in [0.4, 0.5) is 16.2 Å². The third-order valence-corrected chi connectivity index (χ3v) is 3.21. The van der Waals surface area contributed by atoms with E-state index in [-0.39, 0.29) is 6.03 Å². The Morgan fingerprint density at radius 1 is 1.41 bits per heavy atom. The van der Waals surface area contributed by atoms with Crippen LogP contribution >= 0.6 is 0 Å². The van der Waals surface area contributed by atoms with Crippen LogP contribution in [-0.4, -0.2) is 12.6 Å². The number of hydrogen-bond acceptors (Lipinski definition) is 2. The highest BCUT2D eigenvalue weighted by Gasteiger charge is 2.16. The van der Waals surface area contributed by atoms with Gasteiger partial charge in [0.2, 0.25) is 0 Å². The summed E-state index contributed by atoms with van der Waals surface area (Å²) in [4.78, 5) is 11.5. The Morgan fingerprint density at radius 2 is 2.24 bits per heavy atom. The molecule has 2 amide bonds. The van der Waals surface area contributed by atoms with E-state index in [4.69, 9.17) is 5.73 Å². The summed E-state index contributed by atoms with van der Waals surface area (Å²) in [6.45, 7) is 0.749. The van der Waals surface area contributed by atoms with Crippen LogP contribution in [0.15, 0.2) is 24.3 Å². The second-order valence-corrected chi connectivity index (χ2v) is 4.59. The van der Waals surface area contributed by atoms with Crippen molar-refractivity contribution in [3.63, 3.8) is 0 Å². The second kappa shape index (κ2) is 5.57. The fourth-order valence-corrected chi connectivity index (χ4v) is 1.96. The van der Waals surface area contributed by atoms with E-state index in [1.54, 1.807) is 12.1 Å². The summed E-state index contributed by atoms with van der Waals surface area (Å²) in [5, 5.41) is 5.62. The summed E-state index contributed by atoms with van der Waals surface area (Å²) < 4.78 is 0. The van der Waals surface area contributed by atoms with Crippen LogP contribution in [0.1, 0.15) is 25.7 Å². The Hall–Kier alpha value is -1.71. The minimum absolute atomic E-state index is 0.157. The molecule has 0 aliphatic heterocycles. The van der Waals surface area contributed by atoms with Gasteiger partial charge < -0.3 is 16.4 Å². The Balaban J connectivity index is 1.69. The van der Waals surface area contributed by atoms with Gasteiger partial charge >= 0.3 is 6.03 Å². The maximum atomic E-state index is 11.5. The smallest absolute Gasteiger partial charge is 0.319 e. The summed E-state index contributed by atoms with van der Waals surface area (Å²) >= 11 is 0. The van der Waals surface area contributed by atoms with Gasteiger partial charge in [0.25, 0.3) is 0 Å². The number of carbonyl (C=O) groups is 1. The molecule has 0 saturated heterocycles. The van der Waals surface area contributed by atoms with Gasteiger partial charge in [-0.15, -0.1) is 0 Å². The molecule has 1 aromatic rings. The number of anilines is 2. The molecule has 92 valence electrons. The number of urea groups is 1. The third kappa shape index (κ3) is 3.66. The zero-order valence-corrected chi connectivity index (χ0v) is 9.91. The van der Waals surface area contributed by atoms with Crippen LogP contribution in [0.5, 0.6) is 0 Å². The van der Waals surface area contributed by atoms with Crippen LogP contribution < -0.4 is 16.4 Å². The first-order chi connectivity index (χ1) is 8.24. The fourth-order valence-electron chi connectivity index (χ4n) is 1.96. The first kappa shape index (κ1) is 11.8. The third-order valence-electron chi connectivity index (χ3n) is 3.21. The normalized spacial score (nSPS) is 15.1. The lowest BCUT2D eigenvalue weighted by Gasteiger charge is -2.25. The lowest BCUT2D eigenvalue weighted by Crippen LogP contribution is -2.31. The second-order valence-electron chi connectivity index (χ2n) is 4.59. The van der Waals surface area contributed by atoms with E-state index in [1.165, 1.54) is 19.3 Å². The van der Waals surface area contributed by atoms with E-state index in [2.05, 4.69) is 10.6 Å². The predicted molar refractivity (Wildman–Crippen MR) is 69.8 cm³/mol.